The Balaban J connectivity index is 1.57. The van der Waals surface area contributed by atoms with Crippen LogP contribution in [0.4, 0.5) is 10.1 Å². The van der Waals surface area contributed by atoms with Crippen LogP contribution in [0.1, 0.15) is 12.3 Å². The van der Waals surface area contributed by atoms with Gasteiger partial charge >= 0.3 is 0 Å². The highest BCUT2D eigenvalue weighted by Crippen LogP contribution is 2.19. The zero-order chi connectivity index (χ0) is 16.2. The first-order chi connectivity index (χ1) is 11.1. The van der Waals surface area contributed by atoms with Crippen molar-refractivity contribution >= 4 is 23.2 Å². The molecule has 0 spiro atoms. The number of aryl methyl sites for hydroxylation is 1. The zero-order valence-electron chi connectivity index (χ0n) is 11.8. The molecule has 0 unspecified atom stereocenters. The van der Waals surface area contributed by atoms with Crippen LogP contribution < -0.4 is 5.32 Å². The van der Waals surface area contributed by atoms with E-state index in [4.69, 9.17) is 20.5 Å². The summed E-state index contributed by atoms with van der Waals surface area (Å²) in [6.45, 7) is 0. The normalized spacial score (nSPS) is 10.7. The molecule has 0 bridgehead atoms. The Morgan fingerprint density at radius 2 is 2.22 bits per heavy atom. The van der Waals surface area contributed by atoms with Crippen molar-refractivity contribution in [1.29, 1.82) is 0 Å². The first-order valence-corrected chi connectivity index (χ1v) is 7.11. The number of hydrogen-bond acceptors (Lipinski definition) is 5. The quantitative estimate of drug-likeness (QED) is 0.769. The summed E-state index contributed by atoms with van der Waals surface area (Å²) in [7, 11) is 0. The van der Waals surface area contributed by atoms with Gasteiger partial charge in [-0.3, -0.25) is 4.79 Å². The van der Waals surface area contributed by atoms with E-state index in [0.717, 1.165) is 6.07 Å². The Hall–Kier alpha value is -2.67. The molecule has 118 valence electrons. The van der Waals surface area contributed by atoms with Crippen molar-refractivity contribution in [3.8, 4) is 11.6 Å². The van der Waals surface area contributed by atoms with Crippen molar-refractivity contribution < 1.29 is 18.1 Å². The van der Waals surface area contributed by atoms with E-state index in [1.807, 2.05) is 0 Å². The van der Waals surface area contributed by atoms with Crippen molar-refractivity contribution in [3.63, 3.8) is 0 Å². The van der Waals surface area contributed by atoms with Gasteiger partial charge in [-0.2, -0.15) is 4.98 Å². The largest absolute Gasteiger partial charge is 0.461 e. The lowest BCUT2D eigenvalue weighted by Crippen LogP contribution is -2.13. The van der Waals surface area contributed by atoms with Crippen LogP contribution in [0.25, 0.3) is 11.6 Å². The molecule has 1 N–H and O–H groups in total. The molecule has 1 amide bonds. The molecule has 0 aliphatic carbocycles. The van der Waals surface area contributed by atoms with Crippen molar-refractivity contribution in [2.75, 3.05) is 5.32 Å². The Bertz CT molecular complexity index is 817. The van der Waals surface area contributed by atoms with Crippen LogP contribution >= 0.6 is 11.6 Å². The lowest BCUT2D eigenvalue weighted by atomic mass is 10.2. The number of nitrogens with one attached hydrogen (secondary N) is 1. The van der Waals surface area contributed by atoms with E-state index in [2.05, 4.69) is 15.5 Å². The summed E-state index contributed by atoms with van der Waals surface area (Å²) < 4.78 is 23.8. The SMILES string of the molecule is O=C(CCc1nc(-c2ccco2)no1)Nc1ccc(Cl)cc1F. The summed E-state index contributed by atoms with van der Waals surface area (Å²) in [6.07, 6.45) is 1.80. The monoisotopic (exact) mass is 335 g/mol. The minimum absolute atomic E-state index is 0.0706. The molecule has 0 saturated heterocycles. The van der Waals surface area contributed by atoms with Crippen LogP contribution in [-0.2, 0) is 11.2 Å². The van der Waals surface area contributed by atoms with Gasteiger partial charge in [0.05, 0.1) is 12.0 Å². The van der Waals surface area contributed by atoms with Gasteiger partial charge in [0.25, 0.3) is 0 Å². The van der Waals surface area contributed by atoms with Gasteiger partial charge in [-0.1, -0.05) is 16.8 Å². The molecule has 0 fully saturated rings. The van der Waals surface area contributed by atoms with E-state index < -0.39 is 5.82 Å². The fourth-order valence-electron chi connectivity index (χ4n) is 1.89. The standard InChI is InChI=1S/C15H11ClFN3O3/c16-9-3-4-11(10(17)8-9)18-13(21)5-6-14-19-15(20-23-14)12-2-1-7-22-12/h1-4,7-8H,5-6H2,(H,18,21). The fraction of sp³-hybridized carbons (Fsp3) is 0.133. The van der Waals surface area contributed by atoms with Gasteiger partial charge in [0.15, 0.2) is 5.76 Å². The number of hydrogen-bond donors (Lipinski definition) is 1. The average Bonchev–Trinajstić information content (AvgIpc) is 3.18. The summed E-state index contributed by atoms with van der Waals surface area (Å²) in [5.74, 6) is 0.123. The van der Waals surface area contributed by atoms with Crippen LogP contribution in [0.2, 0.25) is 5.02 Å². The molecule has 23 heavy (non-hydrogen) atoms. The number of anilines is 1. The van der Waals surface area contributed by atoms with Crippen LogP contribution in [0, 0.1) is 5.82 Å². The Morgan fingerprint density at radius 1 is 1.35 bits per heavy atom. The summed E-state index contributed by atoms with van der Waals surface area (Å²) >= 11 is 5.65. The van der Waals surface area contributed by atoms with Crippen molar-refractivity contribution in [3.05, 3.63) is 53.3 Å². The van der Waals surface area contributed by atoms with Gasteiger partial charge in [-0.15, -0.1) is 0 Å². The molecule has 6 nitrogen and oxygen atoms in total. The number of carbonyl (C=O) groups excluding carboxylic acids is 1. The molecule has 1 aromatic carbocycles. The first kappa shape index (κ1) is 15.2. The molecule has 3 rings (SSSR count). The van der Waals surface area contributed by atoms with Gasteiger partial charge in [0, 0.05) is 17.9 Å². The van der Waals surface area contributed by atoms with E-state index in [1.54, 1.807) is 12.1 Å². The van der Waals surface area contributed by atoms with E-state index in [1.165, 1.54) is 18.4 Å². The second-order valence-electron chi connectivity index (χ2n) is 4.66. The first-order valence-electron chi connectivity index (χ1n) is 6.73. The molecule has 0 aliphatic heterocycles. The van der Waals surface area contributed by atoms with Gasteiger partial charge in [-0.05, 0) is 30.3 Å². The lowest BCUT2D eigenvalue weighted by Gasteiger charge is -2.05. The van der Waals surface area contributed by atoms with Gasteiger partial charge in [-0.25, -0.2) is 4.39 Å². The molecule has 2 aromatic heterocycles. The minimum atomic E-state index is -0.594. The molecule has 2 heterocycles. The van der Waals surface area contributed by atoms with Gasteiger partial charge in [0.1, 0.15) is 5.82 Å². The third-order valence-electron chi connectivity index (χ3n) is 2.98. The average molecular weight is 336 g/mol. The van der Waals surface area contributed by atoms with Gasteiger partial charge in [0.2, 0.25) is 17.6 Å². The van der Waals surface area contributed by atoms with E-state index in [-0.39, 0.29) is 29.5 Å². The highest BCUT2D eigenvalue weighted by atomic mass is 35.5. The van der Waals surface area contributed by atoms with Crippen molar-refractivity contribution in [2.24, 2.45) is 0 Å². The Kier molecular flexibility index (Phi) is 4.38. The third-order valence-corrected chi connectivity index (χ3v) is 3.22. The highest BCUT2D eigenvalue weighted by Gasteiger charge is 2.13. The number of carbonyl (C=O) groups is 1. The number of aromatic nitrogens is 2. The van der Waals surface area contributed by atoms with Crippen LogP contribution in [0.3, 0.4) is 0 Å². The van der Waals surface area contributed by atoms with Crippen molar-refractivity contribution in [2.45, 2.75) is 12.8 Å². The Labute approximate surface area is 135 Å². The Morgan fingerprint density at radius 3 is 2.96 bits per heavy atom. The van der Waals surface area contributed by atoms with Crippen LogP contribution in [0.5, 0.6) is 0 Å². The summed E-state index contributed by atoms with van der Waals surface area (Å²) in [5, 5.41) is 6.48. The third kappa shape index (κ3) is 3.75. The molecular formula is C15H11ClFN3O3. The summed E-state index contributed by atoms with van der Waals surface area (Å²) in [6, 6.07) is 7.43. The molecule has 0 atom stereocenters. The molecular weight excluding hydrogens is 325 g/mol. The molecule has 0 saturated carbocycles. The number of furan rings is 1. The van der Waals surface area contributed by atoms with Crippen LogP contribution in [0.15, 0.2) is 45.5 Å². The smallest absolute Gasteiger partial charge is 0.238 e. The number of nitrogens with zero attached hydrogens (tertiary/aromatic N) is 2. The summed E-state index contributed by atoms with van der Waals surface area (Å²) in [4.78, 5) is 16.0. The molecule has 3 aromatic rings. The zero-order valence-corrected chi connectivity index (χ0v) is 12.5. The number of benzene rings is 1. The van der Waals surface area contributed by atoms with Crippen molar-refractivity contribution in [1.82, 2.24) is 10.1 Å². The second kappa shape index (κ2) is 6.62. The fourth-order valence-corrected chi connectivity index (χ4v) is 2.05. The minimum Gasteiger partial charge on any atom is -0.461 e. The number of amides is 1. The lowest BCUT2D eigenvalue weighted by molar-refractivity contribution is -0.116. The predicted molar refractivity (Wildman–Crippen MR) is 80.4 cm³/mol. The van der Waals surface area contributed by atoms with Crippen LogP contribution in [-0.4, -0.2) is 16.0 Å². The predicted octanol–water partition coefficient (Wildman–Crippen LogP) is 3.69. The maximum atomic E-state index is 13.6. The molecule has 0 radical (unpaired) electrons. The topological polar surface area (TPSA) is 81.2 Å². The number of rotatable bonds is 5. The maximum absolute atomic E-state index is 13.6. The molecule has 8 heteroatoms. The van der Waals surface area contributed by atoms with Gasteiger partial charge < -0.3 is 14.3 Å². The van der Waals surface area contributed by atoms with E-state index >= 15 is 0 Å². The highest BCUT2D eigenvalue weighted by molar-refractivity contribution is 6.30. The second-order valence-corrected chi connectivity index (χ2v) is 5.10. The molecule has 0 aliphatic rings. The maximum Gasteiger partial charge on any atom is 0.238 e. The van der Waals surface area contributed by atoms with E-state index in [9.17, 15) is 9.18 Å². The number of halogens is 2. The van der Waals surface area contributed by atoms with E-state index in [0.29, 0.717) is 17.5 Å². The summed E-state index contributed by atoms with van der Waals surface area (Å²) in [5.41, 5.74) is 0.0706.